The number of carbonyl (C=O) groups is 4. The van der Waals surface area contributed by atoms with Crippen LogP contribution in [0.4, 0.5) is 35.1 Å². The average Bonchev–Trinajstić information content (AvgIpc) is 0.795. The number of aryl methyl sites for hydroxylation is 8. The van der Waals surface area contributed by atoms with Crippen molar-refractivity contribution in [1.82, 2.24) is 29.6 Å². The second kappa shape index (κ2) is 32.3. The minimum atomic E-state index is -4.77. The summed E-state index contributed by atoms with van der Waals surface area (Å²) < 4.78 is 124. The number of aliphatic carboxylic acids is 1. The Morgan fingerprint density at radius 1 is 0.541 bits per heavy atom. The topological polar surface area (TPSA) is 172 Å². The van der Waals surface area contributed by atoms with E-state index in [1.165, 1.54) is 6.07 Å². The average molecular weight is 1370 g/mol. The van der Waals surface area contributed by atoms with Crippen LogP contribution in [0.2, 0.25) is 0 Å². The maximum absolute atomic E-state index is 16.0. The monoisotopic (exact) mass is 1370 g/mol. The zero-order chi connectivity index (χ0) is 72.7. The quantitative estimate of drug-likeness (QED) is 0.0370. The van der Waals surface area contributed by atoms with Gasteiger partial charge in [-0.25, -0.2) is 8.78 Å². The summed E-state index contributed by atoms with van der Waals surface area (Å²) in [5.41, 5.74) is 5.44. The molecule has 14 nitrogen and oxygen atoms in total. The van der Waals surface area contributed by atoms with Crippen molar-refractivity contribution < 1.29 is 64.1 Å². The molecule has 98 heavy (non-hydrogen) atoms. The van der Waals surface area contributed by atoms with Gasteiger partial charge in [-0.15, -0.1) is 0 Å². The van der Waals surface area contributed by atoms with Gasteiger partial charge in [-0.05, 0) is 203 Å². The van der Waals surface area contributed by atoms with Crippen molar-refractivity contribution in [3.8, 4) is 22.3 Å². The summed E-state index contributed by atoms with van der Waals surface area (Å²) in [4.78, 5) is 83.9. The highest BCUT2D eigenvalue weighted by Gasteiger charge is 2.39. The lowest BCUT2D eigenvalue weighted by molar-refractivity contribution is -0.144. The number of hydrogen-bond acceptors (Lipinski definition) is 9. The number of carboxylic acid groups (broad SMARTS) is 1. The number of pyridine rings is 2. The van der Waals surface area contributed by atoms with Crippen LogP contribution in [0.25, 0.3) is 22.3 Å². The van der Waals surface area contributed by atoms with Crippen LogP contribution in [0, 0.1) is 90.7 Å². The van der Waals surface area contributed by atoms with E-state index in [2.05, 4.69) is 24.5 Å². The highest BCUT2D eigenvalue weighted by atomic mass is 19.4. The molecule has 532 valence electrons. The molecule has 0 saturated carbocycles. The molecule has 2 aromatic heterocycles. The Morgan fingerprint density at radius 2 is 0.888 bits per heavy atom. The molecule has 2 aliphatic rings. The fraction of sp³-hybridized carbons (Fsp3) is 0.500. The second-order valence-electron chi connectivity index (χ2n) is 28.1. The number of nitrogens with one attached hydrogen (secondary N) is 2. The highest BCUT2D eigenvalue weighted by molar-refractivity contribution is 5.83. The molecule has 2 fully saturated rings. The number of halogens is 8. The molecule has 0 spiro atoms. The van der Waals surface area contributed by atoms with Crippen molar-refractivity contribution in [3.05, 3.63) is 183 Å². The number of esters is 1. The number of likely N-dealkylation sites (tertiary alicyclic amines) is 2. The number of rotatable bonds is 25. The predicted octanol–water partition coefficient (Wildman–Crippen LogP) is 15.1. The van der Waals surface area contributed by atoms with Gasteiger partial charge in [0.05, 0.1) is 42.7 Å². The largest absolute Gasteiger partial charge is 0.481 e. The first kappa shape index (κ1) is 77.4. The van der Waals surface area contributed by atoms with E-state index in [1.54, 1.807) is 52.8 Å². The molecule has 6 aromatic rings. The van der Waals surface area contributed by atoms with E-state index in [1.807, 2.05) is 89.5 Å². The number of alkyl halides is 6. The van der Waals surface area contributed by atoms with Crippen LogP contribution in [0.1, 0.15) is 176 Å². The molecule has 0 aliphatic carbocycles. The SMILES string of the molecule is CCOC(=O)C[C@H](NC(=O)C(CC(C)C)n1cc(CCN2CC(C)C2)c(C(F)(F)F)cc1=O)c1cc(-c2c(C)cc(C)cc2C)cc(C)c1F.Cc1cc(C)c(-c2cc(C)c(F)c([C@H](CC(=O)O)NC(=O)C(CC(C)C)n3cc(CCN4CC(C)C4)c(C(F)(F)F)cc3=O)c2)c(C)c1. The second-order valence-corrected chi connectivity index (χ2v) is 28.1. The van der Waals surface area contributed by atoms with Crippen molar-refractivity contribution >= 4 is 23.8 Å². The van der Waals surface area contributed by atoms with Crippen LogP contribution in [0.15, 0.2) is 82.6 Å². The molecule has 4 atom stereocenters. The number of aromatic nitrogens is 2. The molecular weight excluding hydrogens is 1280 g/mol. The Balaban J connectivity index is 0.000000276. The summed E-state index contributed by atoms with van der Waals surface area (Å²) in [6.45, 7) is 31.8. The molecule has 2 unspecified atom stereocenters. The number of carboxylic acids is 1. The van der Waals surface area contributed by atoms with E-state index in [0.29, 0.717) is 53.7 Å². The van der Waals surface area contributed by atoms with Crippen LogP contribution < -0.4 is 21.8 Å². The molecule has 3 N–H and O–H groups in total. The van der Waals surface area contributed by atoms with Gasteiger partial charge in [-0.3, -0.25) is 28.8 Å². The normalized spacial score (nSPS) is 15.2. The van der Waals surface area contributed by atoms with Gasteiger partial charge in [0.2, 0.25) is 11.8 Å². The molecule has 2 amide bonds. The van der Waals surface area contributed by atoms with Gasteiger partial charge >= 0.3 is 24.3 Å². The molecule has 0 radical (unpaired) electrons. The smallest absolute Gasteiger partial charge is 0.416 e. The molecule has 2 saturated heterocycles. The van der Waals surface area contributed by atoms with E-state index >= 15 is 8.78 Å². The minimum absolute atomic E-state index is 0.0224. The summed E-state index contributed by atoms with van der Waals surface area (Å²) in [6, 6.07) is 10.7. The van der Waals surface area contributed by atoms with Gasteiger partial charge in [-0.1, -0.05) is 76.9 Å². The number of benzene rings is 4. The molecule has 22 heteroatoms. The molecule has 0 bridgehead atoms. The van der Waals surface area contributed by atoms with Gasteiger partial charge in [-0.2, -0.15) is 26.3 Å². The third kappa shape index (κ3) is 19.5. The van der Waals surface area contributed by atoms with Crippen molar-refractivity contribution in [3.63, 3.8) is 0 Å². The third-order valence-electron chi connectivity index (χ3n) is 18.2. The minimum Gasteiger partial charge on any atom is -0.481 e. The van der Waals surface area contributed by atoms with Gasteiger partial charge in [0, 0.05) is 74.9 Å². The lowest BCUT2D eigenvalue weighted by atomic mass is 9.89. The maximum atomic E-state index is 16.0. The molecule has 2 aliphatic heterocycles. The van der Waals surface area contributed by atoms with Crippen LogP contribution >= 0.6 is 0 Å². The third-order valence-corrected chi connectivity index (χ3v) is 18.2. The Labute approximate surface area is 569 Å². The molecular formula is C76H94F8N6O8. The van der Waals surface area contributed by atoms with Crippen molar-refractivity contribution in [2.24, 2.45) is 23.7 Å². The first-order valence-corrected chi connectivity index (χ1v) is 33.6. The number of amides is 2. The highest BCUT2D eigenvalue weighted by Crippen LogP contribution is 2.39. The summed E-state index contributed by atoms with van der Waals surface area (Å²) in [5, 5.41) is 15.3. The number of carbonyl (C=O) groups excluding carboxylic acids is 3. The van der Waals surface area contributed by atoms with E-state index in [0.717, 1.165) is 92.2 Å². The number of nitrogens with zero attached hydrogens (tertiary/aromatic N) is 4. The Morgan fingerprint density at radius 3 is 1.19 bits per heavy atom. The summed E-state index contributed by atoms with van der Waals surface area (Å²) in [6.07, 6.45) is -8.09. The fourth-order valence-electron chi connectivity index (χ4n) is 14.0. The zero-order valence-electron chi connectivity index (χ0n) is 58.9. The Hall–Kier alpha value is -7.98. The fourth-order valence-corrected chi connectivity index (χ4v) is 14.0. The number of ether oxygens (including phenoxy) is 1. The van der Waals surface area contributed by atoms with Crippen LogP contribution in [0.3, 0.4) is 0 Å². The summed E-state index contributed by atoms with van der Waals surface area (Å²) in [5.74, 6) is -4.16. The lowest BCUT2D eigenvalue weighted by Crippen LogP contribution is -2.46. The van der Waals surface area contributed by atoms with Gasteiger partial charge in [0.25, 0.3) is 11.1 Å². The van der Waals surface area contributed by atoms with Crippen molar-refractivity contribution in [1.29, 1.82) is 0 Å². The summed E-state index contributed by atoms with van der Waals surface area (Å²) >= 11 is 0. The maximum Gasteiger partial charge on any atom is 0.416 e. The van der Waals surface area contributed by atoms with E-state index in [9.17, 15) is 60.2 Å². The Bertz CT molecular complexity index is 3980. The first-order valence-electron chi connectivity index (χ1n) is 33.6. The van der Waals surface area contributed by atoms with E-state index < -0.39 is 107 Å². The zero-order valence-corrected chi connectivity index (χ0v) is 58.9. The first-order chi connectivity index (χ1) is 45.7. The molecule has 8 rings (SSSR count). The van der Waals surface area contributed by atoms with Crippen LogP contribution in [0.5, 0.6) is 0 Å². The Kier molecular flexibility index (Phi) is 25.5. The lowest BCUT2D eigenvalue weighted by Gasteiger charge is -2.37. The van der Waals surface area contributed by atoms with Gasteiger partial charge < -0.3 is 39.4 Å². The van der Waals surface area contributed by atoms with Gasteiger partial charge in [0.1, 0.15) is 23.7 Å². The van der Waals surface area contributed by atoms with E-state index in [-0.39, 0.29) is 71.9 Å². The van der Waals surface area contributed by atoms with Crippen molar-refractivity contribution in [2.75, 3.05) is 45.9 Å². The predicted molar refractivity (Wildman–Crippen MR) is 364 cm³/mol. The van der Waals surface area contributed by atoms with Crippen LogP contribution in [-0.4, -0.2) is 93.7 Å². The molecule has 4 aromatic carbocycles. The van der Waals surface area contributed by atoms with Gasteiger partial charge in [0.15, 0.2) is 0 Å². The standard InChI is InChI=1S/C39H49F4N3O4.C37H45F4N3O4/c1-9-50-35(48)18-32(30-16-29(15-27(8)37(30)40)36-25(6)13-23(4)14-26(36)7)44-38(49)33(12-22(2)3)46-21-28(10-11-45-19-24(5)20-45)31(17-34(46)47)39(41,42)43;1-20(2)10-31(44-19-26(8-9-43-17-22(4)18-43)29(15-32(44)45)37(39,40)41)36(48)42-30(16-33(46)47)28-14-27(13-25(7)35(28)38)34-23(5)11-21(3)12-24(34)6/h13-17,21-22,24,32-33H,9-12,18-20H2,1-8H3,(H,44,49);11-15,19-20,22,30-31H,8-10,16-18H2,1-7H3,(H,42,48)(H,46,47)/t32-,33?;30-,31?/m00/s1. The summed E-state index contributed by atoms with van der Waals surface area (Å²) in [7, 11) is 0. The molecule has 4 heterocycles. The van der Waals surface area contributed by atoms with E-state index in [4.69, 9.17) is 4.74 Å². The van der Waals surface area contributed by atoms with Crippen LogP contribution in [-0.2, 0) is 49.1 Å². The number of hydrogen-bond donors (Lipinski definition) is 3. The van der Waals surface area contributed by atoms with Crippen molar-refractivity contribution in [2.45, 2.75) is 179 Å².